The van der Waals surface area contributed by atoms with E-state index in [1.54, 1.807) is 10.9 Å². The fourth-order valence-corrected chi connectivity index (χ4v) is 4.35. The third kappa shape index (κ3) is 3.05. The van der Waals surface area contributed by atoms with Gasteiger partial charge in [-0.15, -0.1) is 5.10 Å². The smallest absolute Gasteiger partial charge is 0.248 e. The minimum Gasteiger partial charge on any atom is -0.347 e. The van der Waals surface area contributed by atoms with E-state index in [1.165, 1.54) is 11.3 Å². The van der Waals surface area contributed by atoms with Crippen molar-refractivity contribution in [2.45, 2.75) is 50.2 Å². The molecule has 7 nitrogen and oxygen atoms in total. The van der Waals surface area contributed by atoms with Gasteiger partial charge < -0.3 is 5.32 Å². The Hall–Kier alpha value is -2.48. The number of nitrogens with zero attached hydrogens (tertiary/aromatic N) is 5. The van der Waals surface area contributed by atoms with E-state index in [9.17, 15) is 4.79 Å². The number of hydrogen-bond acceptors (Lipinski definition) is 4. The lowest BCUT2D eigenvalue weighted by atomic mass is 9.92. The highest BCUT2D eigenvalue weighted by Gasteiger charge is 2.53. The van der Waals surface area contributed by atoms with Crippen molar-refractivity contribution < 1.29 is 4.79 Å². The largest absolute Gasteiger partial charge is 0.347 e. The lowest BCUT2D eigenvalue weighted by Crippen LogP contribution is -2.41. The Balaban J connectivity index is 1.35. The summed E-state index contributed by atoms with van der Waals surface area (Å²) in [7, 11) is 0. The molecule has 0 saturated heterocycles. The second-order valence-corrected chi connectivity index (χ2v) is 8.44. The molecule has 1 N–H and O–H groups in total. The summed E-state index contributed by atoms with van der Waals surface area (Å²) >= 11 is 3.31. The molecule has 1 aromatic carbocycles. The van der Waals surface area contributed by atoms with Gasteiger partial charge >= 0.3 is 0 Å². The van der Waals surface area contributed by atoms with Gasteiger partial charge in [0.05, 0.1) is 25.0 Å². The van der Waals surface area contributed by atoms with Crippen LogP contribution in [0.4, 0.5) is 0 Å². The number of aromatic nitrogens is 5. The predicted molar refractivity (Wildman–Crippen MR) is 107 cm³/mol. The standard InChI is InChI=1S/C20H21BrN6O/c21-18-13-27(25-24-18)20(9-10-20)19(28)23-16-7-4-8-17-15(16)11-22-26(17)12-14-5-2-1-3-6-14/h1-3,5-6,11,13,16H,4,7-10,12H2,(H,23,28). The van der Waals surface area contributed by atoms with Crippen LogP contribution in [0.25, 0.3) is 0 Å². The van der Waals surface area contributed by atoms with E-state index in [-0.39, 0.29) is 11.9 Å². The summed E-state index contributed by atoms with van der Waals surface area (Å²) in [5.74, 6) is 0.0264. The monoisotopic (exact) mass is 440 g/mol. The van der Waals surface area contributed by atoms with Crippen molar-refractivity contribution in [1.82, 2.24) is 30.1 Å². The lowest BCUT2D eigenvalue weighted by molar-refractivity contribution is -0.126. The fourth-order valence-electron chi connectivity index (χ4n) is 4.09. The zero-order chi connectivity index (χ0) is 19.1. The van der Waals surface area contributed by atoms with Crippen LogP contribution in [0, 0.1) is 0 Å². The zero-order valence-electron chi connectivity index (χ0n) is 15.4. The number of rotatable bonds is 5. The van der Waals surface area contributed by atoms with Crippen LogP contribution < -0.4 is 5.32 Å². The van der Waals surface area contributed by atoms with Gasteiger partial charge in [-0.05, 0) is 53.6 Å². The second-order valence-electron chi connectivity index (χ2n) is 7.63. The molecule has 28 heavy (non-hydrogen) atoms. The fraction of sp³-hybridized carbons (Fsp3) is 0.400. The number of nitrogens with one attached hydrogen (secondary N) is 1. The molecular formula is C20H21BrN6O. The molecular weight excluding hydrogens is 420 g/mol. The van der Waals surface area contributed by atoms with Gasteiger partial charge in [-0.3, -0.25) is 9.48 Å². The first-order valence-corrected chi connectivity index (χ1v) is 10.4. The van der Waals surface area contributed by atoms with Crippen LogP contribution in [-0.2, 0) is 23.3 Å². The molecule has 0 radical (unpaired) electrons. The Bertz CT molecular complexity index is 1010. The molecule has 8 heteroatoms. The molecule has 0 aliphatic heterocycles. The van der Waals surface area contributed by atoms with Crippen molar-refractivity contribution in [3.05, 3.63) is 64.1 Å². The van der Waals surface area contributed by atoms with Gasteiger partial charge in [0.1, 0.15) is 10.1 Å². The Morgan fingerprint density at radius 1 is 1.29 bits per heavy atom. The van der Waals surface area contributed by atoms with Gasteiger partial charge in [0.2, 0.25) is 5.91 Å². The third-order valence-electron chi connectivity index (χ3n) is 5.79. The highest BCUT2D eigenvalue weighted by molar-refractivity contribution is 9.10. The van der Waals surface area contributed by atoms with E-state index in [0.717, 1.165) is 44.2 Å². The molecule has 2 aliphatic rings. The van der Waals surface area contributed by atoms with Crippen LogP contribution in [0.2, 0.25) is 0 Å². The first-order valence-electron chi connectivity index (χ1n) is 9.63. The molecule has 5 rings (SSSR count). The van der Waals surface area contributed by atoms with Crippen molar-refractivity contribution >= 4 is 21.8 Å². The van der Waals surface area contributed by atoms with Gasteiger partial charge in [-0.2, -0.15) is 5.10 Å². The first kappa shape index (κ1) is 17.6. The number of benzene rings is 1. The maximum atomic E-state index is 13.1. The zero-order valence-corrected chi connectivity index (χ0v) is 17.0. The number of amides is 1. The average Bonchev–Trinajstić information content (AvgIpc) is 3.25. The number of halogens is 1. The van der Waals surface area contributed by atoms with E-state index in [4.69, 9.17) is 0 Å². The third-order valence-corrected chi connectivity index (χ3v) is 6.16. The summed E-state index contributed by atoms with van der Waals surface area (Å²) in [6.07, 6.45) is 8.26. The van der Waals surface area contributed by atoms with E-state index in [0.29, 0.717) is 4.60 Å². The minimum absolute atomic E-state index is 0.00482. The average molecular weight is 441 g/mol. The lowest BCUT2D eigenvalue weighted by Gasteiger charge is -2.26. The molecule has 2 aliphatic carbocycles. The highest BCUT2D eigenvalue weighted by Crippen LogP contribution is 2.44. The van der Waals surface area contributed by atoms with E-state index >= 15 is 0 Å². The van der Waals surface area contributed by atoms with Crippen LogP contribution in [0.5, 0.6) is 0 Å². The normalized spacial score (nSPS) is 19.8. The first-order chi connectivity index (χ1) is 13.7. The van der Waals surface area contributed by atoms with Gasteiger partial charge in [0, 0.05) is 11.3 Å². The molecule has 0 spiro atoms. The molecule has 1 saturated carbocycles. The van der Waals surface area contributed by atoms with Crippen molar-refractivity contribution in [2.24, 2.45) is 0 Å². The highest BCUT2D eigenvalue weighted by atomic mass is 79.9. The van der Waals surface area contributed by atoms with Crippen molar-refractivity contribution in [1.29, 1.82) is 0 Å². The molecule has 1 fully saturated rings. The summed E-state index contributed by atoms with van der Waals surface area (Å²) in [6.45, 7) is 0.758. The van der Waals surface area contributed by atoms with Crippen LogP contribution in [-0.4, -0.2) is 30.7 Å². The SMILES string of the molecule is O=C(NC1CCCc2c1cnn2Cc1ccccc1)C1(n2cc(Br)nn2)CC1. The van der Waals surface area contributed by atoms with Gasteiger partial charge in [0.25, 0.3) is 0 Å². The van der Waals surface area contributed by atoms with Crippen molar-refractivity contribution in [3.8, 4) is 0 Å². The maximum absolute atomic E-state index is 13.1. The van der Waals surface area contributed by atoms with Crippen molar-refractivity contribution in [3.63, 3.8) is 0 Å². The maximum Gasteiger partial charge on any atom is 0.248 e. The number of fused-ring (bicyclic) bond motifs is 1. The van der Waals surface area contributed by atoms with Crippen molar-refractivity contribution in [2.75, 3.05) is 0 Å². The summed E-state index contributed by atoms with van der Waals surface area (Å²) in [5.41, 5.74) is 3.02. The Kier molecular flexibility index (Phi) is 4.30. The number of hydrogen-bond donors (Lipinski definition) is 1. The molecule has 0 bridgehead atoms. The van der Waals surface area contributed by atoms with Gasteiger partial charge in [0.15, 0.2) is 0 Å². The summed E-state index contributed by atoms with van der Waals surface area (Å²) < 4.78 is 4.41. The predicted octanol–water partition coefficient (Wildman–Crippen LogP) is 2.97. The molecule has 2 aromatic heterocycles. The molecule has 1 unspecified atom stereocenters. The van der Waals surface area contributed by atoms with Crippen LogP contribution >= 0.6 is 15.9 Å². The van der Waals surface area contributed by atoms with Crippen LogP contribution in [0.1, 0.15) is 48.5 Å². The van der Waals surface area contributed by atoms with E-state index < -0.39 is 5.54 Å². The molecule has 2 heterocycles. The Morgan fingerprint density at radius 2 is 2.11 bits per heavy atom. The molecule has 3 aromatic rings. The Morgan fingerprint density at radius 3 is 2.82 bits per heavy atom. The van der Waals surface area contributed by atoms with E-state index in [1.807, 2.05) is 24.4 Å². The van der Waals surface area contributed by atoms with Gasteiger partial charge in [-0.25, -0.2) is 4.68 Å². The molecule has 1 amide bonds. The van der Waals surface area contributed by atoms with Crippen LogP contribution in [0.3, 0.4) is 0 Å². The topological polar surface area (TPSA) is 77.6 Å². The number of carbonyl (C=O) groups excluding carboxylic acids is 1. The quantitative estimate of drug-likeness (QED) is 0.661. The summed E-state index contributed by atoms with van der Waals surface area (Å²) in [6, 6.07) is 10.4. The molecule has 144 valence electrons. The van der Waals surface area contributed by atoms with Gasteiger partial charge in [-0.1, -0.05) is 35.5 Å². The summed E-state index contributed by atoms with van der Waals surface area (Å²) in [4.78, 5) is 13.1. The second kappa shape index (κ2) is 6.84. The van der Waals surface area contributed by atoms with E-state index in [2.05, 4.69) is 53.5 Å². The minimum atomic E-state index is -0.587. The number of carbonyl (C=O) groups is 1. The summed E-state index contributed by atoms with van der Waals surface area (Å²) in [5, 5.41) is 16.0. The Labute approximate surface area is 171 Å². The van der Waals surface area contributed by atoms with Crippen LogP contribution in [0.15, 0.2) is 47.3 Å². The molecule has 1 atom stereocenters.